The van der Waals surface area contributed by atoms with Crippen molar-refractivity contribution in [3.63, 3.8) is 0 Å². The van der Waals surface area contributed by atoms with Crippen LogP contribution in [0.1, 0.15) is 24.8 Å². The second-order valence-corrected chi connectivity index (χ2v) is 9.82. The number of carbonyl (C=O) groups excluding carboxylic acids is 2. The Morgan fingerprint density at radius 1 is 1.00 bits per heavy atom. The summed E-state index contributed by atoms with van der Waals surface area (Å²) in [5.74, 6) is -0.782. The summed E-state index contributed by atoms with van der Waals surface area (Å²) in [5.41, 5.74) is 1.75. The van der Waals surface area contributed by atoms with Crippen LogP contribution >= 0.6 is 11.6 Å². The molecule has 2 amide bonds. The van der Waals surface area contributed by atoms with Crippen LogP contribution in [-0.4, -0.2) is 56.8 Å². The van der Waals surface area contributed by atoms with Crippen LogP contribution in [0.15, 0.2) is 42.5 Å². The normalized spacial score (nSPS) is 22.2. The second kappa shape index (κ2) is 9.80. The second-order valence-electron chi connectivity index (χ2n) is 9.42. The molecule has 3 aliphatic rings. The standard InChI is InChI=1S/C25H29ClFN3O4/c1-30(2)18-5-3-17(4-6-18)9-10-33-12-22(31)28-24-14-25(15-24,16-24)29-23(32)13-34-19-7-8-20(26)21(27)11-19/h3-8,11H,9-10,12-16H2,1-2H3,(H,28,31)(H,29,32). The Balaban J connectivity index is 1.10. The molecule has 0 spiro atoms. The van der Waals surface area contributed by atoms with Gasteiger partial charge in [-0.25, -0.2) is 4.39 Å². The van der Waals surface area contributed by atoms with Gasteiger partial charge in [0.15, 0.2) is 6.61 Å². The van der Waals surface area contributed by atoms with Crippen molar-refractivity contribution >= 4 is 29.1 Å². The first-order chi connectivity index (χ1) is 16.2. The summed E-state index contributed by atoms with van der Waals surface area (Å²) in [4.78, 5) is 26.5. The summed E-state index contributed by atoms with van der Waals surface area (Å²) in [6, 6.07) is 12.3. The lowest BCUT2D eigenvalue weighted by Crippen LogP contribution is -2.84. The van der Waals surface area contributed by atoms with Gasteiger partial charge in [-0.05, 0) is 55.5 Å². The largest absolute Gasteiger partial charge is 0.484 e. The highest BCUT2D eigenvalue weighted by Gasteiger charge is 2.69. The van der Waals surface area contributed by atoms with Crippen LogP contribution in [-0.2, 0) is 20.7 Å². The van der Waals surface area contributed by atoms with Crippen LogP contribution in [0.2, 0.25) is 5.02 Å². The van der Waals surface area contributed by atoms with Crippen LogP contribution < -0.4 is 20.3 Å². The minimum Gasteiger partial charge on any atom is -0.484 e. The molecule has 182 valence electrons. The van der Waals surface area contributed by atoms with Crippen molar-refractivity contribution in [2.75, 3.05) is 38.8 Å². The molecule has 3 saturated carbocycles. The summed E-state index contributed by atoms with van der Waals surface area (Å²) in [5, 5.41) is 6.00. The van der Waals surface area contributed by atoms with Crippen molar-refractivity contribution in [3.05, 3.63) is 58.9 Å². The van der Waals surface area contributed by atoms with E-state index in [4.69, 9.17) is 21.1 Å². The SMILES string of the molecule is CN(C)c1ccc(CCOCC(=O)NC23CC(NC(=O)COc4ccc(Cl)c(F)c4)(C2)C3)cc1. The van der Waals surface area contributed by atoms with E-state index in [9.17, 15) is 14.0 Å². The minimum absolute atomic E-state index is 0.00156. The third-order valence-electron chi connectivity index (χ3n) is 6.32. The van der Waals surface area contributed by atoms with Gasteiger partial charge in [-0.15, -0.1) is 0 Å². The van der Waals surface area contributed by atoms with E-state index in [1.807, 2.05) is 19.0 Å². The maximum Gasteiger partial charge on any atom is 0.258 e. The molecule has 0 saturated heterocycles. The van der Waals surface area contributed by atoms with Crippen molar-refractivity contribution in [3.8, 4) is 5.75 Å². The van der Waals surface area contributed by atoms with Gasteiger partial charge in [-0.1, -0.05) is 23.7 Å². The monoisotopic (exact) mass is 489 g/mol. The lowest BCUT2D eigenvalue weighted by atomic mass is 9.44. The molecule has 3 fully saturated rings. The highest BCUT2D eigenvalue weighted by molar-refractivity contribution is 6.30. The number of rotatable bonds is 11. The van der Waals surface area contributed by atoms with Crippen molar-refractivity contribution < 1.29 is 23.5 Å². The van der Waals surface area contributed by atoms with Crippen molar-refractivity contribution in [1.82, 2.24) is 10.6 Å². The molecule has 3 aliphatic carbocycles. The zero-order valence-electron chi connectivity index (χ0n) is 19.3. The van der Waals surface area contributed by atoms with E-state index >= 15 is 0 Å². The van der Waals surface area contributed by atoms with Gasteiger partial charge < -0.3 is 25.0 Å². The van der Waals surface area contributed by atoms with E-state index < -0.39 is 5.82 Å². The first kappa shape index (κ1) is 24.3. The Bertz CT molecular complexity index is 1040. The van der Waals surface area contributed by atoms with Gasteiger partial charge in [0.25, 0.3) is 5.91 Å². The average molecular weight is 490 g/mol. The highest BCUT2D eigenvalue weighted by Crippen LogP contribution is 2.60. The lowest BCUT2D eigenvalue weighted by molar-refractivity contribution is -0.152. The van der Waals surface area contributed by atoms with Gasteiger partial charge in [0.05, 0.1) is 11.6 Å². The molecular weight excluding hydrogens is 461 g/mol. The van der Waals surface area contributed by atoms with Crippen molar-refractivity contribution in [1.29, 1.82) is 0 Å². The third kappa shape index (κ3) is 5.62. The number of benzene rings is 2. The minimum atomic E-state index is -0.598. The van der Waals surface area contributed by atoms with Gasteiger partial charge in [0.2, 0.25) is 5.91 Å². The number of anilines is 1. The Hall–Kier alpha value is -2.84. The number of ether oxygens (including phenoxy) is 2. The Morgan fingerprint density at radius 2 is 1.62 bits per heavy atom. The van der Waals surface area contributed by atoms with E-state index in [0.717, 1.165) is 23.7 Å². The number of nitrogens with zero attached hydrogens (tertiary/aromatic N) is 1. The molecule has 0 radical (unpaired) electrons. The Kier molecular flexibility index (Phi) is 7.00. The predicted octanol–water partition coefficient (Wildman–Crippen LogP) is 3.09. The highest BCUT2D eigenvalue weighted by atomic mass is 35.5. The van der Waals surface area contributed by atoms with E-state index in [-0.39, 0.29) is 46.9 Å². The molecular formula is C25H29ClFN3O4. The molecule has 0 aromatic heterocycles. The van der Waals surface area contributed by atoms with Crippen LogP contribution in [0.4, 0.5) is 10.1 Å². The maximum atomic E-state index is 13.4. The molecule has 2 aromatic carbocycles. The molecule has 0 atom stereocenters. The number of amides is 2. The molecule has 9 heteroatoms. The molecule has 0 unspecified atom stereocenters. The fourth-order valence-corrected chi connectivity index (χ4v) is 4.87. The molecule has 0 heterocycles. The third-order valence-corrected chi connectivity index (χ3v) is 6.63. The van der Waals surface area contributed by atoms with Crippen LogP contribution in [0.5, 0.6) is 5.75 Å². The fourth-order valence-electron chi connectivity index (χ4n) is 4.75. The van der Waals surface area contributed by atoms with Gasteiger partial charge >= 0.3 is 0 Å². The zero-order chi connectivity index (χ0) is 24.3. The average Bonchev–Trinajstić information content (AvgIpc) is 2.75. The quantitative estimate of drug-likeness (QED) is 0.474. The van der Waals surface area contributed by atoms with Crippen molar-refractivity contribution in [2.24, 2.45) is 0 Å². The summed E-state index contributed by atoms with van der Waals surface area (Å²) >= 11 is 5.64. The van der Waals surface area contributed by atoms with E-state index in [2.05, 4.69) is 34.9 Å². The molecule has 5 rings (SSSR count). The van der Waals surface area contributed by atoms with Crippen LogP contribution in [0.25, 0.3) is 0 Å². The van der Waals surface area contributed by atoms with E-state index in [1.54, 1.807) is 0 Å². The van der Waals surface area contributed by atoms with Crippen molar-refractivity contribution in [2.45, 2.75) is 36.8 Å². The topological polar surface area (TPSA) is 79.9 Å². The Morgan fingerprint density at radius 3 is 2.21 bits per heavy atom. The fraction of sp³-hybridized carbons (Fsp3) is 0.440. The van der Waals surface area contributed by atoms with E-state index in [0.29, 0.717) is 25.9 Å². The van der Waals surface area contributed by atoms with Crippen LogP contribution in [0.3, 0.4) is 0 Å². The van der Waals surface area contributed by atoms with Gasteiger partial charge in [-0.3, -0.25) is 9.59 Å². The lowest BCUT2D eigenvalue weighted by Gasteiger charge is -2.70. The van der Waals surface area contributed by atoms with Crippen LogP contribution in [0, 0.1) is 5.82 Å². The molecule has 2 bridgehead atoms. The maximum absolute atomic E-state index is 13.4. The molecule has 2 N–H and O–H groups in total. The van der Waals surface area contributed by atoms with E-state index in [1.165, 1.54) is 12.1 Å². The summed E-state index contributed by atoms with van der Waals surface area (Å²) in [7, 11) is 4.00. The zero-order valence-corrected chi connectivity index (χ0v) is 20.1. The molecule has 34 heavy (non-hydrogen) atoms. The van der Waals surface area contributed by atoms with Gasteiger partial charge in [0.1, 0.15) is 18.2 Å². The smallest absolute Gasteiger partial charge is 0.258 e. The summed E-state index contributed by atoms with van der Waals surface area (Å²) in [6.45, 7) is 0.273. The summed E-state index contributed by atoms with van der Waals surface area (Å²) in [6.07, 6.45) is 2.80. The number of carbonyl (C=O) groups is 2. The molecule has 7 nitrogen and oxygen atoms in total. The van der Waals surface area contributed by atoms with Gasteiger partial charge in [-0.2, -0.15) is 0 Å². The molecule has 2 aromatic rings. The predicted molar refractivity (Wildman–Crippen MR) is 128 cm³/mol. The number of hydrogen-bond donors (Lipinski definition) is 2. The summed E-state index contributed by atoms with van der Waals surface area (Å²) < 4.78 is 24.3. The molecule has 0 aliphatic heterocycles. The Labute approximate surface area is 203 Å². The number of halogens is 2. The first-order valence-corrected chi connectivity index (χ1v) is 11.6. The number of nitrogens with one attached hydrogen (secondary N) is 2. The number of hydrogen-bond acceptors (Lipinski definition) is 5. The first-order valence-electron chi connectivity index (χ1n) is 11.2. The van der Waals surface area contributed by atoms with Gasteiger partial charge in [0, 0.05) is 36.9 Å².